The van der Waals surface area contributed by atoms with E-state index in [-0.39, 0.29) is 45.6 Å². The number of esters is 1. The van der Waals surface area contributed by atoms with Crippen molar-refractivity contribution in [3.63, 3.8) is 0 Å². The molecule has 0 unspecified atom stereocenters. The van der Waals surface area contributed by atoms with Crippen LogP contribution in [0, 0.1) is 5.82 Å². The molecule has 0 bridgehead atoms. The predicted octanol–water partition coefficient (Wildman–Crippen LogP) is 5.16. The lowest BCUT2D eigenvalue weighted by molar-refractivity contribution is 0.0461. The molecular weight excluding hydrogens is 452 g/mol. The Bertz CT molecular complexity index is 1010. The summed E-state index contributed by atoms with van der Waals surface area (Å²) in [6, 6.07) is 5.64. The first-order valence-electron chi connectivity index (χ1n) is 7.64. The smallest absolute Gasteiger partial charge is 0.359 e. The summed E-state index contributed by atoms with van der Waals surface area (Å²) in [5, 5.41) is 2.06. The molecule has 3 aromatic rings. The average molecular weight is 463 g/mol. The Morgan fingerprint density at radius 1 is 1.11 bits per heavy atom. The second kappa shape index (κ2) is 8.91. The number of ether oxygens (including phenoxy) is 2. The summed E-state index contributed by atoms with van der Waals surface area (Å²) >= 11 is 18.9. The van der Waals surface area contributed by atoms with Crippen LogP contribution in [-0.2, 0) is 18.0 Å². The average Bonchev–Trinajstić information content (AvgIpc) is 3.14. The lowest BCUT2D eigenvalue weighted by Gasteiger charge is -2.08. The molecule has 0 aliphatic rings. The van der Waals surface area contributed by atoms with Gasteiger partial charge in [-0.15, -0.1) is 11.3 Å². The van der Waals surface area contributed by atoms with E-state index in [4.69, 9.17) is 50.0 Å². The molecule has 2 heterocycles. The summed E-state index contributed by atoms with van der Waals surface area (Å²) < 4.78 is 23.5. The van der Waals surface area contributed by atoms with Crippen LogP contribution in [0.15, 0.2) is 29.6 Å². The van der Waals surface area contributed by atoms with Gasteiger partial charge in [0, 0.05) is 5.38 Å². The van der Waals surface area contributed by atoms with Crippen molar-refractivity contribution in [3.05, 3.63) is 67.1 Å². The third-order valence-corrected chi connectivity index (χ3v) is 5.40. The van der Waals surface area contributed by atoms with E-state index in [0.29, 0.717) is 16.5 Å². The minimum Gasteiger partial charge on any atom is -0.486 e. The van der Waals surface area contributed by atoms with Gasteiger partial charge in [0.25, 0.3) is 0 Å². The van der Waals surface area contributed by atoms with Gasteiger partial charge in [0.05, 0.1) is 16.4 Å². The van der Waals surface area contributed by atoms with Gasteiger partial charge in [0.2, 0.25) is 0 Å². The van der Waals surface area contributed by atoms with Gasteiger partial charge in [-0.3, -0.25) is 0 Å². The number of carbonyl (C=O) groups excluding carboxylic acids is 1. The van der Waals surface area contributed by atoms with Gasteiger partial charge in [0.15, 0.2) is 10.8 Å². The first-order chi connectivity index (χ1) is 13.3. The van der Waals surface area contributed by atoms with Crippen LogP contribution in [-0.4, -0.2) is 15.9 Å². The van der Waals surface area contributed by atoms with Crippen LogP contribution in [0.2, 0.25) is 15.2 Å². The predicted molar refractivity (Wildman–Crippen MR) is 106 cm³/mol. The molecule has 28 heavy (non-hydrogen) atoms. The molecule has 0 saturated heterocycles. The van der Waals surface area contributed by atoms with Crippen molar-refractivity contribution in [3.8, 4) is 5.75 Å². The van der Waals surface area contributed by atoms with Gasteiger partial charge in [-0.25, -0.2) is 19.2 Å². The van der Waals surface area contributed by atoms with Crippen LogP contribution < -0.4 is 10.5 Å². The van der Waals surface area contributed by atoms with E-state index in [9.17, 15) is 9.18 Å². The Balaban J connectivity index is 1.58. The maximum Gasteiger partial charge on any atom is 0.359 e. The molecule has 0 saturated carbocycles. The summed E-state index contributed by atoms with van der Waals surface area (Å²) in [5.74, 6) is -0.640. The summed E-state index contributed by atoms with van der Waals surface area (Å²) in [7, 11) is 0. The largest absolute Gasteiger partial charge is 0.486 e. The molecule has 146 valence electrons. The van der Waals surface area contributed by atoms with Crippen molar-refractivity contribution in [1.29, 1.82) is 0 Å². The van der Waals surface area contributed by atoms with Gasteiger partial charge < -0.3 is 15.2 Å². The van der Waals surface area contributed by atoms with Crippen molar-refractivity contribution < 1.29 is 18.7 Å². The number of anilines is 1. The Morgan fingerprint density at radius 3 is 2.54 bits per heavy atom. The van der Waals surface area contributed by atoms with Crippen LogP contribution >= 0.6 is 46.1 Å². The number of aromatic nitrogens is 2. The van der Waals surface area contributed by atoms with E-state index in [1.165, 1.54) is 35.6 Å². The summed E-state index contributed by atoms with van der Waals surface area (Å²) in [6.45, 7) is 0.0883. The highest BCUT2D eigenvalue weighted by Gasteiger charge is 2.21. The molecule has 0 radical (unpaired) electrons. The lowest BCUT2D eigenvalue weighted by Crippen LogP contribution is -2.10. The lowest BCUT2D eigenvalue weighted by atomic mass is 10.3. The van der Waals surface area contributed by atoms with Gasteiger partial charge in [-0.1, -0.05) is 34.8 Å². The summed E-state index contributed by atoms with van der Waals surface area (Å²) in [6.07, 6.45) is 0. The number of rotatable bonds is 6. The monoisotopic (exact) mass is 461 g/mol. The van der Waals surface area contributed by atoms with Crippen LogP contribution in [0.4, 0.5) is 10.1 Å². The third-order valence-electron chi connectivity index (χ3n) is 3.39. The molecule has 2 aromatic heterocycles. The maximum absolute atomic E-state index is 12.9. The quantitative estimate of drug-likeness (QED) is 0.402. The number of nitrogens with two attached hydrogens (primary N) is 1. The SMILES string of the molecule is Nc1c(Cl)c(Cl)nc(C(=O)OCc2csc(COc3ccc(F)cc3)n2)c1Cl. The van der Waals surface area contributed by atoms with Crippen LogP contribution in [0.5, 0.6) is 5.75 Å². The topological polar surface area (TPSA) is 87.3 Å². The molecule has 11 heteroatoms. The zero-order valence-electron chi connectivity index (χ0n) is 13.9. The number of thiazole rings is 1. The fourth-order valence-corrected chi connectivity index (χ4v) is 3.31. The fourth-order valence-electron chi connectivity index (χ4n) is 2.03. The number of nitrogen functional groups attached to an aromatic ring is 1. The first kappa shape index (κ1) is 20.6. The van der Waals surface area contributed by atoms with Crippen LogP contribution in [0.1, 0.15) is 21.2 Å². The molecule has 0 aliphatic heterocycles. The van der Waals surface area contributed by atoms with E-state index in [1.54, 1.807) is 5.38 Å². The second-order valence-electron chi connectivity index (χ2n) is 5.34. The van der Waals surface area contributed by atoms with Crippen molar-refractivity contribution in [2.24, 2.45) is 0 Å². The standard InChI is InChI=1S/C17H11Cl3FN3O3S/c18-12-14(22)13(19)16(20)24-15(12)17(25)27-5-9-7-28-11(23-9)6-26-10-3-1-8(21)2-4-10/h1-4,7H,5-6H2,(H2,22,24). The van der Waals surface area contributed by atoms with Crippen molar-refractivity contribution in [1.82, 2.24) is 9.97 Å². The van der Waals surface area contributed by atoms with E-state index < -0.39 is 5.97 Å². The minimum atomic E-state index is -0.813. The van der Waals surface area contributed by atoms with Crippen molar-refractivity contribution in [2.45, 2.75) is 13.2 Å². The highest BCUT2D eigenvalue weighted by Crippen LogP contribution is 2.34. The van der Waals surface area contributed by atoms with Gasteiger partial charge in [0.1, 0.15) is 34.8 Å². The fraction of sp³-hybridized carbons (Fsp3) is 0.118. The van der Waals surface area contributed by atoms with Crippen molar-refractivity contribution in [2.75, 3.05) is 5.73 Å². The molecule has 3 rings (SSSR count). The number of benzene rings is 1. The van der Waals surface area contributed by atoms with E-state index in [2.05, 4.69) is 9.97 Å². The van der Waals surface area contributed by atoms with Crippen LogP contribution in [0.3, 0.4) is 0 Å². The normalized spacial score (nSPS) is 10.7. The molecular formula is C17H11Cl3FN3O3S. The number of hydrogen-bond acceptors (Lipinski definition) is 7. The molecule has 0 amide bonds. The highest BCUT2D eigenvalue weighted by molar-refractivity contribution is 7.09. The van der Waals surface area contributed by atoms with E-state index >= 15 is 0 Å². The molecule has 0 spiro atoms. The zero-order chi connectivity index (χ0) is 20.3. The molecule has 0 fully saturated rings. The highest BCUT2D eigenvalue weighted by atomic mass is 35.5. The van der Waals surface area contributed by atoms with E-state index in [1.807, 2.05) is 0 Å². The number of hydrogen-bond donors (Lipinski definition) is 1. The molecule has 6 nitrogen and oxygen atoms in total. The van der Waals surface area contributed by atoms with E-state index in [0.717, 1.165) is 0 Å². The maximum atomic E-state index is 12.9. The summed E-state index contributed by atoms with van der Waals surface area (Å²) in [5.41, 5.74) is 5.91. The second-order valence-corrected chi connectivity index (χ2v) is 7.40. The number of halogens is 4. The van der Waals surface area contributed by atoms with Gasteiger partial charge in [-0.2, -0.15) is 0 Å². The van der Waals surface area contributed by atoms with Gasteiger partial charge >= 0.3 is 5.97 Å². The minimum absolute atomic E-state index is 0.0338. The van der Waals surface area contributed by atoms with Crippen molar-refractivity contribution >= 4 is 57.8 Å². The Morgan fingerprint density at radius 2 is 1.82 bits per heavy atom. The Kier molecular flexibility index (Phi) is 6.56. The third kappa shape index (κ3) is 4.82. The zero-order valence-corrected chi connectivity index (χ0v) is 17.0. The summed E-state index contributed by atoms with van der Waals surface area (Å²) in [4.78, 5) is 20.3. The Labute approximate surface area is 178 Å². The Hall–Kier alpha value is -2.13. The molecule has 0 aliphatic carbocycles. The van der Waals surface area contributed by atoms with Gasteiger partial charge in [-0.05, 0) is 24.3 Å². The number of carbonyl (C=O) groups is 1. The molecule has 2 N–H and O–H groups in total. The number of nitrogens with zero attached hydrogens (tertiary/aromatic N) is 2. The first-order valence-corrected chi connectivity index (χ1v) is 9.65. The van der Waals surface area contributed by atoms with Crippen LogP contribution in [0.25, 0.3) is 0 Å². The molecule has 0 atom stereocenters. The number of pyridine rings is 1. The molecule has 1 aromatic carbocycles.